The molecule has 0 heterocycles. The summed E-state index contributed by atoms with van der Waals surface area (Å²) < 4.78 is 10.1. The molecular weight excluding hydrogens is 232 g/mol. The smallest absolute Gasteiger partial charge is 0.338 e. The number of benzene rings is 1. The van der Waals surface area contributed by atoms with Crippen LogP contribution in [0, 0.1) is 0 Å². The summed E-state index contributed by atoms with van der Waals surface area (Å²) in [7, 11) is 1.56. The van der Waals surface area contributed by atoms with Gasteiger partial charge in [0, 0.05) is 11.5 Å². The molecule has 100 valence electrons. The second kappa shape index (κ2) is 5.87. The first-order chi connectivity index (χ1) is 8.45. The van der Waals surface area contributed by atoms with Gasteiger partial charge in [-0.05, 0) is 19.9 Å². The maximum atomic E-state index is 11.8. The van der Waals surface area contributed by atoms with E-state index in [0.29, 0.717) is 5.75 Å². The fourth-order valence-electron chi connectivity index (χ4n) is 1.78. The summed E-state index contributed by atoms with van der Waals surface area (Å²) in [5.74, 6) is -0.398. The maximum Gasteiger partial charge on any atom is 0.338 e. The van der Waals surface area contributed by atoms with Crippen LogP contribution >= 0.6 is 0 Å². The molecule has 0 saturated carbocycles. The summed E-state index contributed by atoms with van der Waals surface area (Å²) in [5.41, 5.74) is -0.803. The Balaban J connectivity index is 3.05. The Morgan fingerprint density at radius 2 is 2.06 bits per heavy atom. The standard InChI is InChI=1S/C14H20O4/c1-5-18-13(15)14(3,16)10(2)11-8-6-7-9-12(11)17-4/h6-10,16H,5H2,1-4H3. The van der Waals surface area contributed by atoms with Crippen molar-refractivity contribution in [3.63, 3.8) is 0 Å². The maximum absolute atomic E-state index is 11.8. The molecule has 0 radical (unpaired) electrons. The van der Waals surface area contributed by atoms with Crippen molar-refractivity contribution in [2.45, 2.75) is 32.3 Å². The largest absolute Gasteiger partial charge is 0.496 e. The third-order valence-corrected chi connectivity index (χ3v) is 3.14. The van der Waals surface area contributed by atoms with Gasteiger partial charge in [0.05, 0.1) is 13.7 Å². The number of hydrogen-bond donors (Lipinski definition) is 1. The summed E-state index contributed by atoms with van der Waals surface area (Å²) in [4.78, 5) is 11.8. The molecule has 4 heteroatoms. The van der Waals surface area contributed by atoms with Crippen molar-refractivity contribution in [3.05, 3.63) is 29.8 Å². The van der Waals surface area contributed by atoms with Crippen molar-refractivity contribution in [2.24, 2.45) is 0 Å². The Kier molecular flexibility index (Phi) is 4.73. The fraction of sp³-hybridized carbons (Fsp3) is 0.500. The van der Waals surface area contributed by atoms with Crippen molar-refractivity contribution in [3.8, 4) is 5.75 Å². The third-order valence-electron chi connectivity index (χ3n) is 3.14. The zero-order valence-electron chi connectivity index (χ0n) is 11.3. The number of aliphatic hydroxyl groups is 1. The van der Waals surface area contributed by atoms with E-state index in [2.05, 4.69) is 0 Å². The first kappa shape index (κ1) is 14.5. The fourth-order valence-corrected chi connectivity index (χ4v) is 1.78. The van der Waals surface area contributed by atoms with E-state index < -0.39 is 17.5 Å². The highest BCUT2D eigenvalue weighted by Gasteiger charge is 2.39. The average molecular weight is 252 g/mol. The number of hydrogen-bond acceptors (Lipinski definition) is 4. The van der Waals surface area contributed by atoms with Gasteiger partial charge in [-0.15, -0.1) is 0 Å². The first-order valence-electron chi connectivity index (χ1n) is 5.97. The lowest BCUT2D eigenvalue weighted by Gasteiger charge is -2.29. The molecule has 1 aromatic rings. The van der Waals surface area contributed by atoms with Gasteiger partial charge in [-0.25, -0.2) is 4.79 Å². The van der Waals surface area contributed by atoms with Crippen LogP contribution in [0.4, 0.5) is 0 Å². The van der Waals surface area contributed by atoms with Gasteiger partial charge in [0.25, 0.3) is 0 Å². The molecule has 1 N–H and O–H groups in total. The average Bonchev–Trinajstić information content (AvgIpc) is 2.38. The molecule has 0 aromatic heterocycles. The van der Waals surface area contributed by atoms with Gasteiger partial charge in [0.15, 0.2) is 5.60 Å². The topological polar surface area (TPSA) is 55.8 Å². The summed E-state index contributed by atoms with van der Waals surface area (Å²) in [6.07, 6.45) is 0. The van der Waals surface area contributed by atoms with Gasteiger partial charge in [0.2, 0.25) is 0 Å². The molecular formula is C14H20O4. The number of rotatable bonds is 5. The summed E-state index contributed by atoms with van der Waals surface area (Å²) in [6, 6.07) is 7.31. The molecule has 0 bridgehead atoms. The second-order valence-corrected chi connectivity index (χ2v) is 4.33. The lowest BCUT2D eigenvalue weighted by atomic mass is 9.84. The number of methoxy groups -OCH3 is 1. The van der Waals surface area contributed by atoms with Crippen molar-refractivity contribution < 1.29 is 19.4 Å². The van der Waals surface area contributed by atoms with Gasteiger partial charge in [-0.1, -0.05) is 25.1 Å². The monoisotopic (exact) mass is 252 g/mol. The van der Waals surface area contributed by atoms with Crippen LogP contribution in [0.5, 0.6) is 5.75 Å². The Hall–Kier alpha value is -1.55. The summed E-state index contributed by atoms with van der Waals surface area (Å²) in [5, 5.41) is 10.3. The number of esters is 1. The Labute approximate surface area is 108 Å². The molecule has 0 aliphatic rings. The molecule has 0 aliphatic heterocycles. The Morgan fingerprint density at radius 3 is 2.61 bits per heavy atom. The van der Waals surface area contributed by atoms with E-state index in [1.165, 1.54) is 6.92 Å². The van der Waals surface area contributed by atoms with Crippen LogP contribution in [-0.2, 0) is 9.53 Å². The predicted octanol–water partition coefficient (Wildman–Crippen LogP) is 2.11. The van der Waals surface area contributed by atoms with Crippen molar-refractivity contribution >= 4 is 5.97 Å². The Morgan fingerprint density at radius 1 is 1.44 bits per heavy atom. The van der Waals surface area contributed by atoms with Crippen LogP contribution in [0.15, 0.2) is 24.3 Å². The van der Waals surface area contributed by atoms with E-state index in [9.17, 15) is 9.90 Å². The molecule has 1 aromatic carbocycles. The van der Waals surface area contributed by atoms with Crippen LogP contribution in [-0.4, -0.2) is 30.4 Å². The van der Waals surface area contributed by atoms with Crippen LogP contribution < -0.4 is 4.74 Å². The normalized spacial score (nSPS) is 15.6. The molecule has 2 atom stereocenters. The second-order valence-electron chi connectivity index (χ2n) is 4.33. The van der Waals surface area contributed by atoms with E-state index in [0.717, 1.165) is 5.56 Å². The third kappa shape index (κ3) is 2.82. The molecule has 18 heavy (non-hydrogen) atoms. The molecule has 1 rings (SSSR count). The SMILES string of the molecule is CCOC(=O)C(C)(O)C(C)c1ccccc1OC. The van der Waals surface area contributed by atoms with E-state index in [1.54, 1.807) is 27.0 Å². The molecule has 0 saturated heterocycles. The molecule has 2 unspecified atom stereocenters. The van der Waals surface area contributed by atoms with Crippen LogP contribution in [0.2, 0.25) is 0 Å². The number of carbonyl (C=O) groups is 1. The molecule has 0 amide bonds. The molecule has 0 spiro atoms. The Bertz CT molecular complexity index is 412. The number of ether oxygens (including phenoxy) is 2. The van der Waals surface area contributed by atoms with Crippen molar-refractivity contribution in [2.75, 3.05) is 13.7 Å². The minimum Gasteiger partial charge on any atom is -0.496 e. The van der Waals surface area contributed by atoms with Gasteiger partial charge >= 0.3 is 5.97 Å². The molecule has 0 fully saturated rings. The highest BCUT2D eigenvalue weighted by Crippen LogP contribution is 2.34. The zero-order valence-corrected chi connectivity index (χ0v) is 11.3. The van der Waals surface area contributed by atoms with Crippen molar-refractivity contribution in [1.29, 1.82) is 0 Å². The van der Waals surface area contributed by atoms with Gasteiger partial charge in [-0.2, -0.15) is 0 Å². The van der Waals surface area contributed by atoms with E-state index in [4.69, 9.17) is 9.47 Å². The van der Waals surface area contributed by atoms with E-state index in [1.807, 2.05) is 18.2 Å². The lowest BCUT2D eigenvalue weighted by Crippen LogP contribution is -2.41. The number of para-hydroxylation sites is 1. The highest BCUT2D eigenvalue weighted by atomic mass is 16.5. The predicted molar refractivity (Wildman–Crippen MR) is 68.7 cm³/mol. The molecule has 4 nitrogen and oxygen atoms in total. The molecule has 0 aliphatic carbocycles. The van der Waals surface area contributed by atoms with Gasteiger partial charge in [-0.3, -0.25) is 0 Å². The van der Waals surface area contributed by atoms with Crippen LogP contribution in [0.25, 0.3) is 0 Å². The highest BCUT2D eigenvalue weighted by molar-refractivity contribution is 5.80. The van der Waals surface area contributed by atoms with Gasteiger partial charge < -0.3 is 14.6 Å². The summed E-state index contributed by atoms with van der Waals surface area (Å²) >= 11 is 0. The van der Waals surface area contributed by atoms with Gasteiger partial charge in [0.1, 0.15) is 5.75 Å². The summed E-state index contributed by atoms with van der Waals surface area (Å²) in [6.45, 7) is 5.19. The van der Waals surface area contributed by atoms with Crippen molar-refractivity contribution in [1.82, 2.24) is 0 Å². The van der Waals surface area contributed by atoms with Crippen LogP contribution in [0.1, 0.15) is 32.3 Å². The minimum atomic E-state index is -1.58. The lowest BCUT2D eigenvalue weighted by molar-refractivity contribution is -0.165. The quantitative estimate of drug-likeness (QED) is 0.815. The number of carbonyl (C=O) groups excluding carboxylic acids is 1. The van der Waals surface area contributed by atoms with E-state index >= 15 is 0 Å². The first-order valence-corrected chi connectivity index (χ1v) is 5.97. The minimum absolute atomic E-state index is 0.244. The zero-order chi connectivity index (χ0) is 13.8. The van der Waals surface area contributed by atoms with E-state index in [-0.39, 0.29) is 6.61 Å². The van der Waals surface area contributed by atoms with Crippen LogP contribution in [0.3, 0.4) is 0 Å².